The van der Waals surface area contributed by atoms with Crippen LogP contribution in [0.2, 0.25) is 0 Å². The van der Waals surface area contributed by atoms with Crippen LogP contribution in [0.1, 0.15) is 19.7 Å². The van der Waals surface area contributed by atoms with Gasteiger partial charge in [-0.25, -0.2) is 9.97 Å². The number of pyridine rings is 1. The zero-order valence-corrected chi connectivity index (χ0v) is 16.4. The van der Waals surface area contributed by atoms with E-state index in [2.05, 4.69) is 20.6 Å². The van der Waals surface area contributed by atoms with Crippen molar-refractivity contribution in [2.75, 3.05) is 11.9 Å². The summed E-state index contributed by atoms with van der Waals surface area (Å²) in [5, 5.41) is 5.28. The number of nitrogens with one attached hydrogen (secondary N) is 2. The monoisotopic (exact) mass is 402 g/mol. The lowest BCUT2D eigenvalue weighted by Gasteiger charge is -2.15. The molecular formula is C16H24Cl2N6O2. The van der Waals surface area contributed by atoms with Gasteiger partial charge in [-0.15, -0.1) is 24.8 Å². The first-order valence-electron chi connectivity index (χ1n) is 7.68. The van der Waals surface area contributed by atoms with Crippen LogP contribution in [0.5, 0.6) is 0 Å². The van der Waals surface area contributed by atoms with Crippen molar-refractivity contribution >= 4 is 42.3 Å². The van der Waals surface area contributed by atoms with Crippen molar-refractivity contribution in [3.63, 3.8) is 0 Å². The molecule has 4 N–H and O–H groups in total. The van der Waals surface area contributed by atoms with E-state index in [0.29, 0.717) is 11.5 Å². The molecule has 0 radical (unpaired) electrons. The molecule has 0 aliphatic rings. The molecule has 26 heavy (non-hydrogen) atoms. The fourth-order valence-corrected chi connectivity index (χ4v) is 2.07. The average Bonchev–Trinajstić information content (AvgIpc) is 2.98. The number of amides is 2. The Balaban J connectivity index is 0.00000312. The predicted octanol–water partition coefficient (Wildman–Crippen LogP) is 1.46. The molecule has 0 saturated carbocycles. The van der Waals surface area contributed by atoms with Crippen molar-refractivity contribution in [2.24, 2.45) is 11.7 Å². The van der Waals surface area contributed by atoms with Gasteiger partial charge in [-0.2, -0.15) is 0 Å². The minimum Gasteiger partial charge on any atom is -0.346 e. The zero-order valence-electron chi connectivity index (χ0n) is 14.8. The summed E-state index contributed by atoms with van der Waals surface area (Å²) < 4.78 is 1.77. The van der Waals surface area contributed by atoms with Crippen molar-refractivity contribution in [1.82, 2.24) is 19.9 Å². The van der Waals surface area contributed by atoms with Crippen LogP contribution in [-0.2, 0) is 9.59 Å². The van der Waals surface area contributed by atoms with E-state index in [0.717, 1.165) is 5.82 Å². The van der Waals surface area contributed by atoms with Gasteiger partial charge >= 0.3 is 0 Å². The van der Waals surface area contributed by atoms with Crippen molar-refractivity contribution in [1.29, 1.82) is 0 Å². The summed E-state index contributed by atoms with van der Waals surface area (Å²) in [6, 6.07) is 2.82. The van der Waals surface area contributed by atoms with E-state index in [1.54, 1.807) is 35.3 Å². The maximum absolute atomic E-state index is 12.1. The smallest absolute Gasteiger partial charge is 0.243 e. The van der Waals surface area contributed by atoms with Crippen LogP contribution < -0.4 is 16.4 Å². The molecule has 0 aliphatic heterocycles. The fraction of sp³-hybridized carbons (Fsp3) is 0.375. The number of imidazole rings is 1. The van der Waals surface area contributed by atoms with E-state index in [1.807, 2.05) is 20.8 Å². The number of nitrogens with zero attached hydrogens (tertiary/aromatic N) is 3. The third-order valence-corrected chi connectivity index (χ3v) is 3.56. The largest absolute Gasteiger partial charge is 0.346 e. The average molecular weight is 403 g/mol. The maximum atomic E-state index is 12.1. The van der Waals surface area contributed by atoms with Crippen LogP contribution in [0.4, 0.5) is 5.69 Å². The van der Waals surface area contributed by atoms with Gasteiger partial charge in [0.1, 0.15) is 5.82 Å². The van der Waals surface area contributed by atoms with Gasteiger partial charge in [0.25, 0.3) is 0 Å². The van der Waals surface area contributed by atoms with Crippen LogP contribution in [0, 0.1) is 12.8 Å². The van der Waals surface area contributed by atoms with Crippen molar-refractivity contribution in [2.45, 2.75) is 26.8 Å². The molecule has 1 atom stereocenters. The first-order chi connectivity index (χ1) is 11.4. The minimum absolute atomic E-state index is 0. The van der Waals surface area contributed by atoms with Gasteiger partial charge in [-0.3, -0.25) is 14.2 Å². The highest BCUT2D eigenvalue weighted by molar-refractivity contribution is 5.96. The molecule has 0 unspecified atom stereocenters. The summed E-state index contributed by atoms with van der Waals surface area (Å²) >= 11 is 0. The highest BCUT2D eigenvalue weighted by Crippen LogP contribution is 2.18. The molecule has 2 aromatic rings. The lowest BCUT2D eigenvalue weighted by atomic mass is 10.1. The molecule has 0 spiro atoms. The second-order valence-corrected chi connectivity index (χ2v) is 5.75. The predicted molar refractivity (Wildman–Crippen MR) is 105 cm³/mol. The van der Waals surface area contributed by atoms with Crippen molar-refractivity contribution in [3.8, 4) is 5.82 Å². The Bertz CT molecular complexity index is 735. The standard InChI is InChI=1S/C16H22N6O2.2ClH/c1-10(2)14(17)16(24)20-9-13(23)21-12-5-4-6-19-15(12)22-8-7-18-11(22)3;;/h4-8,10,14H,9,17H2,1-3H3,(H,20,24)(H,21,23);2*1H/t14-;;/m0../s1. The number of rotatable bonds is 6. The molecule has 2 rings (SSSR count). The van der Waals surface area contributed by atoms with Gasteiger partial charge in [-0.1, -0.05) is 13.8 Å². The number of hydrogen-bond donors (Lipinski definition) is 3. The van der Waals surface area contributed by atoms with Gasteiger partial charge in [0.05, 0.1) is 18.3 Å². The van der Waals surface area contributed by atoms with Gasteiger partial charge in [0, 0.05) is 18.6 Å². The number of carbonyl (C=O) groups excluding carboxylic acids is 2. The molecule has 0 fully saturated rings. The lowest BCUT2D eigenvalue weighted by molar-refractivity contribution is -0.125. The zero-order chi connectivity index (χ0) is 17.7. The molecule has 2 aromatic heterocycles. The number of aryl methyl sites for hydroxylation is 1. The Hall–Kier alpha value is -2.16. The second kappa shape index (κ2) is 10.7. The van der Waals surface area contributed by atoms with Gasteiger partial charge in [0.2, 0.25) is 11.8 Å². The summed E-state index contributed by atoms with van der Waals surface area (Å²) in [4.78, 5) is 32.3. The second-order valence-electron chi connectivity index (χ2n) is 5.75. The minimum atomic E-state index is -0.639. The van der Waals surface area contributed by atoms with Crippen LogP contribution in [0.3, 0.4) is 0 Å². The van der Waals surface area contributed by atoms with E-state index >= 15 is 0 Å². The maximum Gasteiger partial charge on any atom is 0.243 e. The normalized spacial score (nSPS) is 11.1. The van der Waals surface area contributed by atoms with E-state index in [9.17, 15) is 9.59 Å². The summed E-state index contributed by atoms with van der Waals surface area (Å²) in [6.07, 6.45) is 5.05. The number of nitrogens with two attached hydrogens (primary N) is 1. The molecule has 144 valence electrons. The highest BCUT2D eigenvalue weighted by atomic mass is 35.5. The van der Waals surface area contributed by atoms with Crippen LogP contribution in [0.25, 0.3) is 5.82 Å². The van der Waals surface area contributed by atoms with Gasteiger partial charge in [0.15, 0.2) is 5.82 Å². The Labute approximate surface area is 164 Å². The molecule has 0 aromatic carbocycles. The van der Waals surface area contributed by atoms with Gasteiger partial charge in [-0.05, 0) is 25.0 Å². The van der Waals surface area contributed by atoms with E-state index in [1.165, 1.54) is 0 Å². The Morgan fingerprint density at radius 2 is 1.92 bits per heavy atom. The van der Waals surface area contributed by atoms with Crippen molar-refractivity contribution < 1.29 is 9.59 Å². The quantitative estimate of drug-likeness (QED) is 0.676. The number of hydrogen-bond acceptors (Lipinski definition) is 5. The Morgan fingerprint density at radius 1 is 1.23 bits per heavy atom. The number of halogens is 2. The summed E-state index contributed by atoms with van der Waals surface area (Å²) in [5.41, 5.74) is 6.27. The van der Waals surface area contributed by atoms with Crippen LogP contribution in [-0.4, -0.2) is 38.9 Å². The third-order valence-electron chi connectivity index (χ3n) is 3.56. The molecule has 2 heterocycles. The van der Waals surface area contributed by atoms with E-state index < -0.39 is 6.04 Å². The fourth-order valence-electron chi connectivity index (χ4n) is 2.07. The number of aromatic nitrogens is 3. The summed E-state index contributed by atoms with van der Waals surface area (Å²) in [7, 11) is 0. The SMILES string of the molecule is Cc1nccn1-c1ncccc1NC(=O)CNC(=O)[C@@H](N)C(C)C.Cl.Cl. The molecule has 0 aliphatic carbocycles. The molecule has 0 saturated heterocycles. The first-order valence-corrected chi connectivity index (χ1v) is 7.68. The summed E-state index contributed by atoms with van der Waals surface area (Å²) in [6.45, 7) is 5.38. The lowest BCUT2D eigenvalue weighted by Crippen LogP contribution is -2.46. The topological polar surface area (TPSA) is 115 Å². The summed E-state index contributed by atoms with van der Waals surface area (Å²) in [5.74, 6) is 0.608. The first kappa shape index (κ1) is 23.8. The Morgan fingerprint density at radius 3 is 2.50 bits per heavy atom. The molecule has 8 nitrogen and oxygen atoms in total. The van der Waals surface area contributed by atoms with Crippen molar-refractivity contribution in [3.05, 3.63) is 36.5 Å². The highest BCUT2D eigenvalue weighted by Gasteiger charge is 2.18. The Kier molecular flexibility index (Phi) is 9.85. The van der Waals surface area contributed by atoms with E-state index in [4.69, 9.17) is 5.73 Å². The third kappa shape index (κ3) is 5.98. The molecule has 0 bridgehead atoms. The number of anilines is 1. The number of carbonyl (C=O) groups is 2. The van der Waals surface area contributed by atoms with Crippen LogP contribution >= 0.6 is 24.8 Å². The van der Waals surface area contributed by atoms with E-state index in [-0.39, 0.29) is 49.1 Å². The van der Waals surface area contributed by atoms with Gasteiger partial charge < -0.3 is 16.4 Å². The molecule has 2 amide bonds. The molecule has 10 heteroatoms. The molecular weight excluding hydrogens is 379 g/mol. The van der Waals surface area contributed by atoms with Crippen LogP contribution in [0.15, 0.2) is 30.7 Å².